The number of anilines is 1. The number of aromatic nitrogens is 5. The van der Waals surface area contributed by atoms with Crippen LogP contribution in [0.4, 0.5) is 14.6 Å². The average Bonchev–Trinajstić information content (AvgIpc) is 3.16. The topological polar surface area (TPSA) is 71.8 Å². The van der Waals surface area contributed by atoms with E-state index in [1.165, 1.54) is 0 Å². The molecule has 1 saturated heterocycles. The number of rotatable bonds is 3. The molecule has 0 amide bonds. The first-order valence-corrected chi connectivity index (χ1v) is 9.06. The molecule has 4 rings (SSSR count). The number of allylic oxidation sites excluding steroid dienone is 2. The minimum Gasteiger partial charge on any atom is -0.387 e. The van der Waals surface area contributed by atoms with Crippen molar-refractivity contribution in [2.75, 3.05) is 24.5 Å². The second-order valence-corrected chi connectivity index (χ2v) is 8.08. The molecule has 0 unspecified atom stereocenters. The molecule has 0 radical (unpaired) electrons. The molecule has 2 aromatic heterocycles. The molecule has 0 aromatic carbocycles. The Morgan fingerprint density at radius 2 is 2.04 bits per heavy atom. The zero-order valence-electron chi connectivity index (χ0n) is 15.7. The van der Waals surface area contributed by atoms with Crippen molar-refractivity contribution >= 4 is 17.0 Å². The number of halogens is 2. The Hall–Kier alpha value is -2.58. The van der Waals surface area contributed by atoms with Crippen LogP contribution >= 0.6 is 0 Å². The summed E-state index contributed by atoms with van der Waals surface area (Å²) in [5, 5.41) is 12.1. The van der Waals surface area contributed by atoms with Crippen LogP contribution in [0.2, 0.25) is 0 Å². The normalized spacial score (nSPS) is 19.4. The van der Waals surface area contributed by atoms with Gasteiger partial charge in [-0.05, 0) is 5.57 Å². The van der Waals surface area contributed by atoms with E-state index in [0.29, 0.717) is 29.4 Å². The van der Waals surface area contributed by atoms with Gasteiger partial charge in [0, 0.05) is 31.1 Å². The Kier molecular flexibility index (Phi) is 4.12. The Morgan fingerprint density at radius 3 is 2.67 bits per heavy atom. The number of nitrogens with one attached hydrogen (secondary N) is 1. The molecule has 7 nitrogen and oxygen atoms in total. The molecule has 2 aliphatic heterocycles. The maximum atomic E-state index is 13.8. The van der Waals surface area contributed by atoms with Gasteiger partial charge in [-0.15, -0.1) is 10.2 Å². The van der Waals surface area contributed by atoms with Gasteiger partial charge in [0.25, 0.3) is 5.92 Å². The second kappa shape index (κ2) is 6.24. The highest BCUT2D eigenvalue weighted by atomic mass is 19.3. The van der Waals surface area contributed by atoms with E-state index in [4.69, 9.17) is 0 Å². The van der Waals surface area contributed by atoms with Gasteiger partial charge in [0.05, 0.1) is 13.1 Å². The first-order valence-electron chi connectivity index (χ1n) is 9.06. The van der Waals surface area contributed by atoms with Gasteiger partial charge in [0.15, 0.2) is 11.3 Å². The Morgan fingerprint density at radius 1 is 1.22 bits per heavy atom. The zero-order chi connectivity index (χ0) is 19.2. The number of nitrogens with zero attached hydrogens (tertiary/aromatic N) is 6. The summed E-state index contributed by atoms with van der Waals surface area (Å²) in [5.74, 6) is -1.69. The third-order valence-corrected chi connectivity index (χ3v) is 4.59. The monoisotopic (exact) mass is 375 g/mol. The largest absolute Gasteiger partial charge is 0.387 e. The lowest BCUT2D eigenvalue weighted by Gasteiger charge is -2.21. The van der Waals surface area contributed by atoms with Gasteiger partial charge < -0.3 is 10.2 Å². The number of dihydropyridines is 1. The highest BCUT2D eigenvalue weighted by Crippen LogP contribution is 2.33. The van der Waals surface area contributed by atoms with Crippen LogP contribution in [0.15, 0.2) is 23.9 Å². The summed E-state index contributed by atoms with van der Waals surface area (Å²) in [6.45, 7) is 7.13. The van der Waals surface area contributed by atoms with Crippen LogP contribution in [0.1, 0.15) is 33.0 Å². The summed E-state index contributed by atoms with van der Waals surface area (Å²) in [5.41, 5.74) is 1.61. The third-order valence-electron chi connectivity index (χ3n) is 4.59. The van der Waals surface area contributed by atoms with Gasteiger partial charge in [-0.2, -0.15) is 4.80 Å². The Bertz CT molecular complexity index is 924. The molecular weight excluding hydrogens is 352 g/mol. The van der Waals surface area contributed by atoms with Gasteiger partial charge in [-0.3, -0.25) is 0 Å². The Balaban J connectivity index is 1.77. The van der Waals surface area contributed by atoms with Crippen LogP contribution in [0.25, 0.3) is 11.2 Å². The number of hydrogen-bond acceptors (Lipinski definition) is 6. The van der Waals surface area contributed by atoms with Crippen LogP contribution in [-0.4, -0.2) is 50.5 Å². The first-order chi connectivity index (χ1) is 12.7. The SMILES string of the molecule is CC(C)(C)c1nc(N2CCC(F)(F)C2)c2nn(CC3=CNCC=C3)nc2n1. The molecule has 27 heavy (non-hydrogen) atoms. The van der Waals surface area contributed by atoms with Crippen LogP contribution < -0.4 is 10.2 Å². The van der Waals surface area contributed by atoms with Gasteiger partial charge >= 0.3 is 0 Å². The van der Waals surface area contributed by atoms with Crippen molar-refractivity contribution < 1.29 is 8.78 Å². The molecule has 1 N–H and O–H groups in total. The van der Waals surface area contributed by atoms with Crippen molar-refractivity contribution in [1.29, 1.82) is 0 Å². The summed E-state index contributed by atoms with van der Waals surface area (Å²) in [4.78, 5) is 12.3. The summed E-state index contributed by atoms with van der Waals surface area (Å²) in [6, 6.07) is 0. The number of hydrogen-bond donors (Lipinski definition) is 1. The minimum absolute atomic E-state index is 0.180. The first kappa shape index (κ1) is 17.8. The lowest BCUT2D eigenvalue weighted by molar-refractivity contribution is 0.0257. The predicted molar refractivity (Wildman–Crippen MR) is 98.8 cm³/mol. The van der Waals surface area contributed by atoms with Crippen molar-refractivity contribution in [3.63, 3.8) is 0 Å². The molecule has 144 valence electrons. The summed E-state index contributed by atoms with van der Waals surface area (Å²) in [7, 11) is 0. The molecule has 0 aliphatic carbocycles. The molecule has 9 heteroatoms. The minimum atomic E-state index is -2.71. The van der Waals surface area contributed by atoms with E-state index in [1.807, 2.05) is 39.1 Å². The van der Waals surface area contributed by atoms with Crippen LogP contribution in [0.3, 0.4) is 0 Å². The lowest BCUT2D eigenvalue weighted by atomic mass is 9.96. The van der Waals surface area contributed by atoms with Crippen molar-refractivity contribution in [2.24, 2.45) is 0 Å². The van der Waals surface area contributed by atoms with Crippen LogP contribution in [-0.2, 0) is 12.0 Å². The molecule has 4 heterocycles. The lowest BCUT2D eigenvalue weighted by Crippen LogP contribution is -2.27. The molecule has 2 aromatic rings. The molecule has 0 atom stereocenters. The molecule has 1 fully saturated rings. The fourth-order valence-corrected chi connectivity index (χ4v) is 3.16. The van der Waals surface area contributed by atoms with Crippen molar-refractivity contribution in [1.82, 2.24) is 30.3 Å². The highest BCUT2D eigenvalue weighted by Gasteiger charge is 2.40. The molecule has 0 saturated carbocycles. The second-order valence-electron chi connectivity index (χ2n) is 8.08. The van der Waals surface area contributed by atoms with Gasteiger partial charge in [-0.1, -0.05) is 32.9 Å². The van der Waals surface area contributed by atoms with Crippen molar-refractivity contribution in [3.8, 4) is 0 Å². The third kappa shape index (κ3) is 3.63. The van der Waals surface area contributed by atoms with Crippen molar-refractivity contribution in [2.45, 2.75) is 45.1 Å². The van der Waals surface area contributed by atoms with Gasteiger partial charge in [0.1, 0.15) is 5.82 Å². The number of alkyl halides is 2. The van der Waals surface area contributed by atoms with E-state index in [2.05, 4.69) is 25.5 Å². The maximum absolute atomic E-state index is 13.8. The van der Waals surface area contributed by atoms with E-state index in [9.17, 15) is 8.78 Å². The van der Waals surface area contributed by atoms with Gasteiger partial charge in [-0.25, -0.2) is 18.7 Å². The molecule has 0 spiro atoms. The molecule has 0 bridgehead atoms. The van der Waals surface area contributed by atoms with Gasteiger partial charge in [0.2, 0.25) is 5.65 Å². The fraction of sp³-hybridized carbons (Fsp3) is 0.556. The van der Waals surface area contributed by atoms with E-state index in [0.717, 1.165) is 12.1 Å². The highest BCUT2D eigenvalue weighted by molar-refractivity contribution is 5.82. The van der Waals surface area contributed by atoms with Crippen LogP contribution in [0, 0.1) is 0 Å². The van der Waals surface area contributed by atoms with E-state index in [1.54, 1.807) is 9.70 Å². The summed E-state index contributed by atoms with van der Waals surface area (Å²) in [6.07, 6.45) is 5.77. The van der Waals surface area contributed by atoms with E-state index < -0.39 is 5.92 Å². The van der Waals surface area contributed by atoms with Crippen LogP contribution in [0.5, 0.6) is 0 Å². The number of fused-ring (bicyclic) bond motifs is 1. The molecule has 2 aliphatic rings. The zero-order valence-corrected chi connectivity index (χ0v) is 15.7. The standard InChI is InChI=1S/C18H23F2N7/c1-17(2,3)16-22-14-13(15(23-16)26-8-6-18(19,20)11-26)24-27(25-14)10-12-5-4-7-21-9-12/h4-5,9,21H,6-8,10-11H2,1-3H3. The van der Waals surface area contributed by atoms with E-state index >= 15 is 0 Å². The Labute approximate surface area is 156 Å². The molecular formula is C18H23F2N7. The van der Waals surface area contributed by atoms with E-state index in [-0.39, 0.29) is 24.9 Å². The predicted octanol–water partition coefficient (Wildman–Crippen LogP) is 2.41. The fourth-order valence-electron chi connectivity index (χ4n) is 3.16. The smallest absolute Gasteiger partial charge is 0.266 e. The summed E-state index contributed by atoms with van der Waals surface area (Å²) < 4.78 is 27.6. The quantitative estimate of drug-likeness (QED) is 0.888. The van der Waals surface area contributed by atoms with Crippen molar-refractivity contribution in [3.05, 3.63) is 29.7 Å². The summed E-state index contributed by atoms with van der Waals surface area (Å²) >= 11 is 0. The average molecular weight is 375 g/mol. The maximum Gasteiger partial charge on any atom is 0.266 e.